The van der Waals surface area contributed by atoms with Crippen molar-refractivity contribution in [1.29, 1.82) is 0 Å². The molecule has 0 saturated heterocycles. The Kier molecular flexibility index (Phi) is 4.33. The molecule has 0 fully saturated rings. The second-order valence-electron chi connectivity index (χ2n) is 4.89. The van der Waals surface area contributed by atoms with Gasteiger partial charge in [-0.3, -0.25) is 4.68 Å². The molecule has 0 spiro atoms. The lowest BCUT2D eigenvalue weighted by Gasteiger charge is -2.22. The van der Waals surface area contributed by atoms with Crippen LogP contribution in [0.25, 0.3) is 0 Å². The van der Waals surface area contributed by atoms with Crippen molar-refractivity contribution >= 4 is 0 Å². The molecular weight excluding hydrogens is 186 g/mol. The normalized spacial score (nSPS) is 12.0. The van der Waals surface area contributed by atoms with E-state index in [0.717, 1.165) is 19.5 Å². The average molecular weight is 209 g/mol. The van der Waals surface area contributed by atoms with E-state index in [1.807, 2.05) is 17.9 Å². The zero-order valence-electron chi connectivity index (χ0n) is 10.4. The molecule has 0 aliphatic heterocycles. The van der Waals surface area contributed by atoms with Crippen molar-refractivity contribution < 1.29 is 0 Å². The summed E-state index contributed by atoms with van der Waals surface area (Å²) in [6, 6.07) is 2.08. The minimum Gasteiger partial charge on any atom is -0.316 e. The van der Waals surface area contributed by atoms with Crippen LogP contribution in [0.4, 0.5) is 0 Å². The summed E-state index contributed by atoms with van der Waals surface area (Å²) in [5.41, 5.74) is 1.70. The maximum atomic E-state index is 4.15. The summed E-state index contributed by atoms with van der Waals surface area (Å²) >= 11 is 0. The van der Waals surface area contributed by atoms with E-state index >= 15 is 0 Å². The van der Waals surface area contributed by atoms with Gasteiger partial charge in [0.1, 0.15) is 0 Å². The summed E-state index contributed by atoms with van der Waals surface area (Å²) in [6.07, 6.45) is 4.12. The molecule has 0 amide bonds. The van der Waals surface area contributed by atoms with E-state index in [9.17, 15) is 0 Å². The van der Waals surface area contributed by atoms with E-state index in [0.29, 0.717) is 5.41 Å². The number of rotatable bonds is 6. The van der Waals surface area contributed by atoms with Crippen molar-refractivity contribution in [2.45, 2.75) is 33.6 Å². The van der Waals surface area contributed by atoms with Crippen molar-refractivity contribution in [3.63, 3.8) is 0 Å². The predicted molar refractivity (Wildman–Crippen MR) is 63.9 cm³/mol. The highest BCUT2D eigenvalue weighted by molar-refractivity contribution is 5.00. The minimum atomic E-state index is 0.409. The first-order valence-electron chi connectivity index (χ1n) is 5.73. The molecule has 0 aliphatic rings. The highest BCUT2D eigenvalue weighted by Gasteiger charge is 2.13. The monoisotopic (exact) mass is 209 g/mol. The van der Waals surface area contributed by atoms with Gasteiger partial charge in [-0.15, -0.1) is 0 Å². The van der Waals surface area contributed by atoms with Gasteiger partial charge in [-0.05, 0) is 17.9 Å². The molecule has 3 heteroatoms. The highest BCUT2D eigenvalue weighted by atomic mass is 15.3. The van der Waals surface area contributed by atoms with Gasteiger partial charge in [0, 0.05) is 38.4 Å². The first-order valence-corrected chi connectivity index (χ1v) is 5.73. The van der Waals surface area contributed by atoms with E-state index in [1.165, 1.54) is 12.1 Å². The first-order chi connectivity index (χ1) is 7.05. The Balaban J connectivity index is 2.20. The molecule has 15 heavy (non-hydrogen) atoms. The van der Waals surface area contributed by atoms with Crippen LogP contribution in [0.1, 0.15) is 32.9 Å². The van der Waals surface area contributed by atoms with Crippen LogP contribution >= 0.6 is 0 Å². The van der Waals surface area contributed by atoms with Crippen molar-refractivity contribution in [1.82, 2.24) is 15.1 Å². The molecule has 0 aromatic carbocycles. The second-order valence-corrected chi connectivity index (χ2v) is 4.89. The largest absolute Gasteiger partial charge is 0.316 e. The molecule has 86 valence electrons. The zero-order valence-corrected chi connectivity index (χ0v) is 10.4. The molecule has 1 rings (SSSR count). The van der Waals surface area contributed by atoms with E-state index in [4.69, 9.17) is 0 Å². The third-order valence-electron chi connectivity index (χ3n) is 3.04. The molecule has 3 nitrogen and oxygen atoms in total. The Morgan fingerprint density at radius 3 is 2.73 bits per heavy atom. The minimum absolute atomic E-state index is 0.409. The van der Waals surface area contributed by atoms with Crippen LogP contribution in [0.2, 0.25) is 0 Å². The fourth-order valence-corrected chi connectivity index (χ4v) is 1.41. The van der Waals surface area contributed by atoms with Crippen LogP contribution in [0.15, 0.2) is 12.3 Å². The van der Waals surface area contributed by atoms with Crippen LogP contribution in [0, 0.1) is 5.41 Å². The maximum absolute atomic E-state index is 4.15. The number of nitrogens with one attached hydrogen (secondary N) is 1. The smallest absolute Gasteiger partial charge is 0.0492 e. The van der Waals surface area contributed by atoms with E-state index in [-0.39, 0.29) is 0 Å². The Bertz CT molecular complexity index is 289. The Labute approximate surface area is 92.9 Å². The van der Waals surface area contributed by atoms with Crippen molar-refractivity contribution in [3.8, 4) is 0 Å². The summed E-state index contributed by atoms with van der Waals surface area (Å²) in [7, 11) is 1.99. The van der Waals surface area contributed by atoms with Gasteiger partial charge >= 0.3 is 0 Å². The molecule has 0 aliphatic carbocycles. The molecule has 0 unspecified atom stereocenters. The van der Waals surface area contributed by atoms with Gasteiger partial charge in [0.25, 0.3) is 0 Å². The topological polar surface area (TPSA) is 29.9 Å². The Morgan fingerprint density at radius 1 is 1.47 bits per heavy atom. The SMILES string of the molecule is CCC(C)(C)CNCCc1ccnn1C. The maximum Gasteiger partial charge on any atom is 0.0492 e. The average Bonchev–Trinajstić information content (AvgIpc) is 2.59. The third-order valence-corrected chi connectivity index (χ3v) is 3.04. The fourth-order valence-electron chi connectivity index (χ4n) is 1.41. The quantitative estimate of drug-likeness (QED) is 0.726. The number of nitrogens with zero attached hydrogens (tertiary/aromatic N) is 2. The molecular formula is C12H23N3. The summed E-state index contributed by atoms with van der Waals surface area (Å²) in [5, 5.41) is 7.65. The molecule has 0 saturated carbocycles. The number of aromatic nitrogens is 2. The van der Waals surface area contributed by atoms with Crippen molar-refractivity contribution in [2.75, 3.05) is 13.1 Å². The third kappa shape index (κ3) is 4.04. The van der Waals surface area contributed by atoms with E-state index in [2.05, 4.69) is 37.3 Å². The van der Waals surface area contributed by atoms with E-state index in [1.54, 1.807) is 0 Å². The predicted octanol–water partition coefficient (Wildman–Crippen LogP) is 1.99. The Morgan fingerprint density at radius 2 is 2.20 bits per heavy atom. The van der Waals surface area contributed by atoms with Crippen LogP contribution in [0.5, 0.6) is 0 Å². The van der Waals surface area contributed by atoms with Gasteiger partial charge < -0.3 is 5.32 Å². The zero-order chi connectivity index (χ0) is 11.3. The standard InChI is InChI=1S/C12H23N3/c1-5-12(2,3)10-13-8-6-11-7-9-14-15(11)4/h7,9,13H,5-6,8,10H2,1-4H3. The van der Waals surface area contributed by atoms with Gasteiger partial charge in [0.15, 0.2) is 0 Å². The van der Waals surface area contributed by atoms with Gasteiger partial charge in [-0.1, -0.05) is 20.8 Å². The van der Waals surface area contributed by atoms with Crippen molar-refractivity contribution in [2.24, 2.45) is 12.5 Å². The summed E-state index contributed by atoms with van der Waals surface area (Å²) in [5.74, 6) is 0. The van der Waals surface area contributed by atoms with Gasteiger partial charge in [-0.25, -0.2) is 0 Å². The summed E-state index contributed by atoms with van der Waals surface area (Å²) < 4.78 is 1.94. The van der Waals surface area contributed by atoms with Crippen LogP contribution in [0.3, 0.4) is 0 Å². The first kappa shape index (κ1) is 12.2. The second kappa shape index (κ2) is 5.31. The molecule has 1 heterocycles. The molecule has 0 bridgehead atoms. The van der Waals surface area contributed by atoms with Crippen LogP contribution in [-0.4, -0.2) is 22.9 Å². The highest BCUT2D eigenvalue weighted by Crippen LogP contribution is 2.17. The lowest BCUT2D eigenvalue weighted by molar-refractivity contribution is 0.329. The summed E-state index contributed by atoms with van der Waals surface area (Å²) in [4.78, 5) is 0. The molecule has 1 aromatic rings. The Hall–Kier alpha value is -0.830. The van der Waals surface area contributed by atoms with Gasteiger partial charge in [-0.2, -0.15) is 5.10 Å². The number of hydrogen-bond donors (Lipinski definition) is 1. The van der Waals surface area contributed by atoms with Crippen LogP contribution < -0.4 is 5.32 Å². The summed E-state index contributed by atoms with van der Waals surface area (Å²) in [6.45, 7) is 8.95. The lowest BCUT2D eigenvalue weighted by atomic mass is 9.90. The van der Waals surface area contributed by atoms with Crippen LogP contribution in [-0.2, 0) is 13.5 Å². The van der Waals surface area contributed by atoms with Gasteiger partial charge in [0.05, 0.1) is 0 Å². The number of hydrogen-bond acceptors (Lipinski definition) is 2. The van der Waals surface area contributed by atoms with Gasteiger partial charge in [0.2, 0.25) is 0 Å². The lowest BCUT2D eigenvalue weighted by Crippen LogP contribution is -2.30. The molecule has 0 atom stereocenters. The van der Waals surface area contributed by atoms with E-state index < -0.39 is 0 Å². The fraction of sp³-hybridized carbons (Fsp3) is 0.750. The number of aryl methyl sites for hydroxylation is 1. The molecule has 1 N–H and O–H groups in total. The molecule has 1 aromatic heterocycles. The van der Waals surface area contributed by atoms with Crippen molar-refractivity contribution in [3.05, 3.63) is 18.0 Å². The molecule has 0 radical (unpaired) electrons.